The molecule has 1 aliphatic rings. The van der Waals surface area contributed by atoms with E-state index in [1.165, 1.54) is 5.56 Å². The van der Waals surface area contributed by atoms with Crippen LogP contribution < -0.4 is 11.3 Å². The molecule has 1 heterocycles. The Morgan fingerprint density at radius 1 is 1.53 bits per heavy atom. The summed E-state index contributed by atoms with van der Waals surface area (Å²) in [7, 11) is 0. The maximum absolute atomic E-state index is 5.61. The molecule has 0 saturated carbocycles. The molecule has 1 aromatic carbocycles. The minimum Gasteiger partial charge on any atom is -0.381 e. The summed E-state index contributed by atoms with van der Waals surface area (Å²) in [4.78, 5) is 0. The average molecular weight is 271 g/mol. The molecular weight excluding hydrogens is 256 g/mol. The van der Waals surface area contributed by atoms with E-state index in [0.717, 1.165) is 24.1 Å². The number of rotatable bonds is 3. The first-order valence-corrected chi connectivity index (χ1v) is 5.90. The van der Waals surface area contributed by atoms with Crippen LogP contribution in [0.1, 0.15) is 18.0 Å². The summed E-state index contributed by atoms with van der Waals surface area (Å²) in [5.74, 6) is 6.09. The first-order valence-electron chi connectivity index (χ1n) is 5.10. The van der Waals surface area contributed by atoms with E-state index < -0.39 is 0 Å². The fourth-order valence-electron chi connectivity index (χ4n) is 2.02. The molecule has 3 N–H and O–H groups in total. The predicted octanol–water partition coefficient (Wildman–Crippen LogP) is 1.99. The van der Waals surface area contributed by atoms with Crippen molar-refractivity contribution in [3.63, 3.8) is 0 Å². The van der Waals surface area contributed by atoms with Crippen molar-refractivity contribution in [2.24, 2.45) is 11.8 Å². The van der Waals surface area contributed by atoms with Crippen molar-refractivity contribution in [3.8, 4) is 0 Å². The van der Waals surface area contributed by atoms with Crippen LogP contribution in [0, 0.1) is 5.92 Å². The minimum absolute atomic E-state index is 0.185. The molecule has 2 unspecified atom stereocenters. The molecule has 0 aromatic heterocycles. The molecule has 1 fully saturated rings. The zero-order valence-corrected chi connectivity index (χ0v) is 10.0. The molecule has 1 saturated heterocycles. The van der Waals surface area contributed by atoms with Gasteiger partial charge in [-0.2, -0.15) is 0 Å². The van der Waals surface area contributed by atoms with E-state index >= 15 is 0 Å². The molecule has 3 nitrogen and oxygen atoms in total. The van der Waals surface area contributed by atoms with Crippen molar-refractivity contribution >= 4 is 15.9 Å². The zero-order chi connectivity index (χ0) is 10.7. The second-order valence-electron chi connectivity index (χ2n) is 3.82. The molecular formula is C11H15BrN2O. The van der Waals surface area contributed by atoms with E-state index in [9.17, 15) is 0 Å². The Morgan fingerprint density at radius 3 is 3.00 bits per heavy atom. The van der Waals surface area contributed by atoms with E-state index in [0.29, 0.717) is 5.92 Å². The lowest BCUT2D eigenvalue weighted by Gasteiger charge is -2.22. The van der Waals surface area contributed by atoms with Crippen LogP contribution in [-0.2, 0) is 4.74 Å². The summed E-state index contributed by atoms with van der Waals surface area (Å²) in [5, 5.41) is 0. The lowest BCUT2D eigenvalue weighted by molar-refractivity contribution is 0.177. The van der Waals surface area contributed by atoms with Gasteiger partial charge in [-0.25, -0.2) is 0 Å². The Balaban J connectivity index is 2.18. The van der Waals surface area contributed by atoms with Gasteiger partial charge in [0.2, 0.25) is 0 Å². The molecule has 2 atom stereocenters. The second-order valence-corrected chi connectivity index (χ2v) is 4.74. The van der Waals surface area contributed by atoms with Crippen molar-refractivity contribution in [1.29, 1.82) is 0 Å². The van der Waals surface area contributed by atoms with E-state index in [-0.39, 0.29) is 6.04 Å². The first kappa shape index (κ1) is 11.1. The summed E-state index contributed by atoms with van der Waals surface area (Å²) in [6, 6.07) is 8.42. The van der Waals surface area contributed by atoms with Gasteiger partial charge in [-0.05, 0) is 24.1 Å². The van der Waals surface area contributed by atoms with Gasteiger partial charge < -0.3 is 4.74 Å². The highest BCUT2D eigenvalue weighted by atomic mass is 79.9. The van der Waals surface area contributed by atoms with Crippen molar-refractivity contribution < 1.29 is 4.74 Å². The fraction of sp³-hybridized carbons (Fsp3) is 0.455. The number of hydrogen-bond donors (Lipinski definition) is 2. The third-order valence-corrected chi connectivity index (χ3v) is 3.32. The van der Waals surface area contributed by atoms with Gasteiger partial charge >= 0.3 is 0 Å². The molecule has 4 heteroatoms. The van der Waals surface area contributed by atoms with Crippen LogP contribution >= 0.6 is 15.9 Å². The Hall–Kier alpha value is -0.420. The monoisotopic (exact) mass is 270 g/mol. The average Bonchev–Trinajstić information content (AvgIpc) is 2.72. The van der Waals surface area contributed by atoms with Crippen LogP contribution in [-0.4, -0.2) is 13.2 Å². The molecule has 1 aromatic rings. The SMILES string of the molecule is NNC(c1cccc(Br)c1)C1CCOC1. The highest BCUT2D eigenvalue weighted by Crippen LogP contribution is 2.29. The number of nitrogens with one attached hydrogen (secondary N) is 1. The third kappa shape index (κ3) is 2.58. The van der Waals surface area contributed by atoms with Gasteiger partial charge in [-0.15, -0.1) is 0 Å². The molecule has 0 amide bonds. The second kappa shape index (κ2) is 5.07. The number of ether oxygens (including phenoxy) is 1. The quantitative estimate of drug-likeness (QED) is 0.653. The van der Waals surface area contributed by atoms with E-state index in [1.807, 2.05) is 12.1 Å². The Morgan fingerprint density at radius 2 is 2.40 bits per heavy atom. The molecule has 15 heavy (non-hydrogen) atoms. The lowest BCUT2D eigenvalue weighted by Crippen LogP contribution is -2.33. The van der Waals surface area contributed by atoms with Gasteiger partial charge in [0.15, 0.2) is 0 Å². The van der Waals surface area contributed by atoms with Crippen LogP contribution in [0.15, 0.2) is 28.7 Å². The van der Waals surface area contributed by atoms with E-state index in [4.69, 9.17) is 10.6 Å². The van der Waals surface area contributed by atoms with Crippen LogP contribution in [0.2, 0.25) is 0 Å². The highest BCUT2D eigenvalue weighted by molar-refractivity contribution is 9.10. The van der Waals surface area contributed by atoms with Gasteiger partial charge in [0, 0.05) is 17.0 Å². The summed E-state index contributed by atoms with van der Waals surface area (Å²) >= 11 is 3.47. The molecule has 0 radical (unpaired) electrons. The normalized spacial score (nSPS) is 22.9. The van der Waals surface area contributed by atoms with Crippen molar-refractivity contribution in [1.82, 2.24) is 5.43 Å². The summed E-state index contributed by atoms with van der Waals surface area (Å²) in [5.41, 5.74) is 4.10. The Kier molecular flexibility index (Phi) is 3.75. The zero-order valence-electron chi connectivity index (χ0n) is 8.45. The van der Waals surface area contributed by atoms with Crippen LogP contribution in [0.3, 0.4) is 0 Å². The van der Waals surface area contributed by atoms with E-state index in [1.54, 1.807) is 0 Å². The molecule has 1 aliphatic heterocycles. The number of benzene rings is 1. The molecule has 82 valence electrons. The van der Waals surface area contributed by atoms with Crippen LogP contribution in [0.4, 0.5) is 0 Å². The lowest BCUT2D eigenvalue weighted by atomic mass is 9.93. The van der Waals surface area contributed by atoms with Crippen molar-refractivity contribution in [2.45, 2.75) is 12.5 Å². The van der Waals surface area contributed by atoms with Crippen molar-refractivity contribution in [3.05, 3.63) is 34.3 Å². The van der Waals surface area contributed by atoms with Crippen LogP contribution in [0.25, 0.3) is 0 Å². The van der Waals surface area contributed by atoms with Crippen molar-refractivity contribution in [2.75, 3.05) is 13.2 Å². The Bertz CT molecular complexity index is 326. The van der Waals surface area contributed by atoms with Gasteiger partial charge in [-0.3, -0.25) is 11.3 Å². The predicted molar refractivity (Wildman–Crippen MR) is 63.1 cm³/mol. The van der Waals surface area contributed by atoms with Gasteiger partial charge in [0.25, 0.3) is 0 Å². The van der Waals surface area contributed by atoms with Crippen LogP contribution in [0.5, 0.6) is 0 Å². The fourth-order valence-corrected chi connectivity index (χ4v) is 2.44. The first-order chi connectivity index (χ1) is 7.31. The van der Waals surface area contributed by atoms with Gasteiger partial charge in [-0.1, -0.05) is 28.1 Å². The highest BCUT2D eigenvalue weighted by Gasteiger charge is 2.26. The van der Waals surface area contributed by atoms with Gasteiger partial charge in [0.05, 0.1) is 12.6 Å². The standard InChI is InChI=1S/C11H15BrN2O/c12-10-3-1-2-8(6-10)11(14-13)9-4-5-15-7-9/h1-3,6,9,11,14H,4-5,7,13H2. The summed E-state index contributed by atoms with van der Waals surface area (Å²) in [6.07, 6.45) is 1.07. The van der Waals surface area contributed by atoms with E-state index in [2.05, 4.69) is 33.5 Å². The molecule has 0 aliphatic carbocycles. The molecule has 0 bridgehead atoms. The number of hydrazine groups is 1. The molecule has 0 spiro atoms. The number of halogens is 1. The van der Waals surface area contributed by atoms with Gasteiger partial charge in [0.1, 0.15) is 0 Å². The maximum atomic E-state index is 5.61. The topological polar surface area (TPSA) is 47.3 Å². The third-order valence-electron chi connectivity index (χ3n) is 2.82. The summed E-state index contributed by atoms with van der Waals surface area (Å²) < 4.78 is 6.47. The minimum atomic E-state index is 0.185. The maximum Gasteiger partial charge on any atom is 0.0513 e. The Labute approximate surface area is 98.1 Å². The number of nitrogens with two attached hydrogens (primary N) is 1. The largest absolute Gasteiger partial charge is 0.381 e. The molecule has 2 rings (SSSR count). The number of hydrogen-bond acceptors (Lipinski definition) is 3. The smallest absolute Gasteiger partial charge is 0.0513 e. The summed E-state index contributed by atoms with van der Waals surface area (Å²) in [6.45, 7) is 1.64.